The molecular weight excluding hydrogens is 313 g/mol. The minimum Gasteiger partial charge on any atom is -1.00 e. The van der Waals surface area contributed by atoms with Crippen LogP contribution < -0.4 is 34.0 Å². The number of para-hydroxylation sites is 1. The van der Waals surface area contributed by atoms with Crippen LogP contribution in [0.3, 0.4) is 0 Å². The van der Waals surface area contributed by atoms with Crippen LogP contribution in [0.5, 0.6) is 0 Å². The van der Waals surface area contributed by atoms with E-state index in [0.717, 1.165) is 5.69 Å². The normalized spacial score (nSPS) is 9.69. The number of aryl methyl sites for hydroxylation is 1. The second kappa shape index (κ2) is 5.34. The van der Waals surface area contributed by atoms with Gasteiger partial charge in [0.2, 0.25) is 0 Å². The summed E-state index contributed by atoms with van der Waals surface area (Å²) in [5, 5.41) is 0. The summed E-state index contributed by atoms with van der Waals surface area (Å²) < 4.78 is 4.13. The fourth-order valence-electron chi connectivity index (χ4n) is 1.54. The van der Waals surface area contributed by atoms with Crippen LogP contribution in [0.1, 0.15) is 11.4 Å². The maximum Gasteiger partial charge on any atom is 0.267 e. The van der Waals surface area contributed by atoms with Gasteiger partial charge in [-0.05, 0) is 12.1 Å². The Kier molecular flexibility index (Phi) is 4.35. The quantitative estimate of drug-likeness (QED) is 0.543. The third-order valence-corrected chi connectivity index (χ3v) is 2.73. The van der Waals surface area contributed by atoms with Crippen molar-refractivity contribution in [3.63, 3.8) is 0 Å². The van der Waals surface area contributed by atoms with E-state index in [-0.39, 0.29) is 24.0 Å². The molecule has 1 aromatic heterocycles. The Morgan fingerprint density at radius 1 is 1.12 bits per heavy atom. The number of hydrogen-bond donors (Lipinski definition) is 1. The van der Waals surface area contributed by atoms with Gasteiger partial charge in [0.1, 0.15) is 5.69 Å². The van der Waals surface area contributed by atoms with E-state index in [2.05, 4.69) is 36.0 Å². The average Bonchev–Trinajstić information content (AvgIpc) is 2.48. The van der Waals surface area contributed by atoms with E-state index in [4.69, 9.17) is 0 Å². The lowest BCUT2D eigenvalue weighted by Crippen LogP contribution is -3.00. The van der Waals surface area contributed by atoms with Crippen molar-refractivity contribution in [1.82, 2.24) is 4.68 Å². The van der Waals surface area contributed by atoms with Gasteiger partial charge in [0.25, 0.3) is 6.33 Å². The van der Waals surface area contributed by atoms with Gasteiger partial charge in [-0.2, -0.15) is 0 Å². The summed E-state index contributed by atoms with van der Waals surface area (Å²) in [6.07, 6.45) is 2.04. The van der Waals surface area contributed by atoms with Crippen LogP contribution in [0.15, 0.2) is 36.7 Å². The fourth-order valence-corrected chi connectivity index (χ4v) is 1.54. The molecule has 86 valence electrons. The van der Waals surface area contributed by atoms with Crippen molar-refractivity contribution < 1.29 is 28.5 Å². The predicted molar refractivity (Wildman–Crippen MR) is 60.5 cm³/mol. The zero-order valence-corrected chi connectivity index (χ0v) is 11.9. The molecule has 2 aromatic rings. The number of imidazole rings is 1. The van der Waals surface area contributed by atoms with Gasteiger partial charge in [0.15, 0.2) is 5.69 Å². The van der Waals surface area contributed by atoms with Crippen LogP contribution in [-0.4, -0.2) is 4.68 Å². The van der Waals surface area contributed by atoms with Gasteiger partial charge >= 0.3 is 0 Å². The van der Waals surface area contributed by atoms with Crippen LogP contribution in [-0.2, 0) is 7.05 Å². The second-order valence-corrected chi connectivity index (χ2v) is 3.75. The Morgan fingerprint density at radius 2 is 1.75 bits per heavy atom. The molecule has 4 heteroatoms. The second-order valence-electron chi connectivity index (χ2n) is 3.75. The summed E-state index contributed by atoms with van der Waals surface area (Å²) in [5.74, 6) is 0. The highest BCUT2D eigenvalue weighted by Gasteiger charge is 2.12. The molecule has 0 radical (unpaired) electrons. The van der Waals surface area contributed by atoms with E-state index in [1.165, 1.54) is 11.4 Å². The molecule has 0 aliphatic carbocycles. The van der Waals surface area contributed by atoms with Crippen molar-refractivity contribution in [2.24, 2.45) is 7.05 Å². The Labute approximate surface area is 113 Å². The third-order valence-electron chi connectivity index (χ3n) is 2.73. The van der Waals surface area contributed by atoms with Crippen molar-refractivity contribution in [3.05, 3.63) is 48.0 Å². The molecule has 0 atom stereocenters. The van der Waals surface area contributed by atoms with Crippen LogP contribution in [0.2, 0.25) is 0 Å². The summed E-state index contributed by atoms with van der Waals surface area (Å²) in [4.78, 5) is 0. The lowest BCUT2D eigenvalue weighted by Gasteiger charge is -2.01. The van der Waals surface area contributed by atoms with Crippen molar-refractivity contribution in [3.8, 4) is 0 Å². The number of halogens is 1. The molecule has 0 saturated heterocycles. The number of nitrogens with one attached hydrogen (secondary N) is 1. The van der Waals surface area contributed by atoms with E-state index in [0.29, 0.717) is 0 Å². The zero-order valence-electron chi connectivity index (χ0n) is 9.74. The van der Waals surface area contributed by atoms with Gasteiger partial charge in [-0.1, -0.05) is 18.2 Å². The van der Waals surface area contributed by atoms with E-state index in [1.54, 1.807) is 0 Å². The van der Waals surface area contributed by atoms with E-state index < -0.39 is 0 Å². The van der Waals surface area contributed by atoms with Crippen LogP contribution >= 0.6 is 0 Å². The Balaban J connectivity index is 0.00000128. The number of benzene rings is 1. The number of hydrogen-bond acceptors (Lipinski definition) is 1. The number of aromatic nitrogens is 2. The molecule has 16 heavy (non-hydrogen) atoms. The SMILES string of the molecule is Cc1c(C)[n+](C)cn1Nc1ccccc1.[I-]. The largest absolute Gasteiger partial charge is 1.00 e. The summed E-state index contributed by atoms with van der Waals surface area (Å²) in [6.45, 7) is 4.21. The molecule has 0 aliphatic rings. The predicted octanol–water partition coefficient (Wildman–Crippen LogP) is -1.19. The summed E-state index contributed by atoms with van der Waals surface area (Å²) in [7, 11) is 2.05. The lowest BCUT2D eigenvalue weighted by molar-refractivity contribution is -0.677. The fraction of sp³-hybridized carbons (Fsp3) is 0.250. The summed E-state index contributed by atoms with van der Waals surface area (Å²) >= 11 is 0. The first-order chi connectivity index (χ1) is 7.18. The van der Waals surface area contributed by atoms with Crippen molar-refractivity contribution in [1.29, 1.82) is 0 Å². The Bertz CT molecular complexity index is 463. The monoisotopic (exact) mass is 329 g/mol. The minimum absolute atomic E-state index is 0. The van der Waals surface area contributed by atoms with E-state index in [9.17, 15) is 0 Å². The molecule has 1 aromatic carbocycles. The van der Waals surface area contributed by atoms with Crippen molar-refractivity contribution in [2.45, 2.75) is 13.8 Å². The smallest absolute Gasteiger partial charge is 0.267 e. The van der Waals surface area contributed by atoms with Gasteiger partial charge in [-0.3, -0.25) is 0 Å². The molecule has 2 rings (SSSR count). The van der Waals surface area contributed by atoms with Crippen molar-refractivity contribution in [2.75, 3.05) is 5.43 Å². The molecule has 1 N–H and O–H groups in total. The average molecular weight is 329 g/mol. The number of anilines is 1. The maximum absolute atomic E-state index is 3.33. The molecule has 3 nitrogen and oxygen atoms in total. The summed E-state index contributed by atoms with van der Waals surface area (Å²) in [5.41, 5.74) is 6.91. The maximum atomic E-state index is 3.33. The van der Waals surface area contributed by atoms with E-state index in [1.807, 2.05) is 36.3 Å². The highest BCUT2D eigenvalue weighted by molar-refractivity contribution is 5.42. The Morgan fingerprint density at radius 3 is 2.25 bits per heavy atom. The van der Waals surface area contributed by atoms with Gasteiger partial charge in [0.05, 0.1) is 12.7 Å². The highest BCUT2D eigenvalue weighted by atomic mass is 127. The molecule has 0 aliphatic heterocycles. The van der Waals surface area contributed by atoms with Gasteiger partial charge in [-0.15, -0.1) is 4.68 Å². The first kappa shape index (κ1) is 13.0. The van der Waals surface area contributed by atoms with Gasteiger partial charge in [-0.25, -0.2) is 9.99 Å². The van der Waals surface area contributed by atoms with E-state index >= 15 is 0 Å². The first-order valence-corrected chi connectivity index (χ1v) is 5.05. The minimum atomic E-state index is 0. The third kappa shape index (κ3) is 2.55. The molecule has 0 bridgehead atoms. The molecule has 0 unspecified atom stereocenters. The highest BCUT2D eigenvalue weighted by Crippen LogP contribution is 2.08. The zero-order chi connectivity index (χ0) is 10.8. The molecule has 1 heterocycles. The standard InChI is InChI=1S/C12H16N3.HI/c1-10-11(2)15(9-14(10)3)13-12-7-5-4-6-8-12;/h4-9,13H,1-3H3;1H/q+1;/p-1. The molecule has 0 saturated carbocycles. The van der Waals surface area contributed by atoms with Crippen LogP contribution in [0.25, 0.3) is 0 Å². The van der Waals surface area contributed by atoms with Gasteiger partial charge < -0.3 is 24.0 Å². The van der Waals surface area contributed by atoms with Crippen LogP contribution in [0, 0.1) is 13.8 Å². The number of rotatable bonds is 2. The molecule has 0 spiro atoms. The van der Waals surface area contributed by atoms with Crippen molar-refractivity contribution >= 4 is 5.69 Å². The summed E-state index contributed by atoms with van der Waals surface area (Å²) in [6, 6.07) is 10.2. The molecule has 0 amide bonds. The molecule has 0 fully saturated rings. The van der Waals surface area contributed by atoms with Crippen LogP contribution in [0.4, 0.5) is 5.69 Å². The Hall–Kier alpha value is -1.04. The molecular formula is C12H16IN3. The van der Waals surface area contributed by atoms with Gasteiger partial charge in [0, 0.05) is 13.8 Å². The number of nitrogens with zero attached hydrogens (tertiary/aromatic N) is 2. The first-order valence-electron chi connectivity index (χ1n) is 5.05. The lowest BCUT2D eigenvalue weighted by atomic mass is 10.3. The topological polar surface area (TPSA) is 20.8 Å².